The second-order valence-corrected chi connectivity index (χ2v) is 5.03. The van der Waals surface area contributed by atoms with Gasteiger partial charge in [0, 0.05) is 30.8 Å². The van der Waals surface area contributed by atoms with Crippen molar-refractivity contribution in [3.8, 4) is 5.75 Å². The summed E-state index contributed by atoms with van der Waals surface area (Å²) in [5, 5.41) is 0. The number of hydrogen-bond donors (Lipinski definition) is 0. The van der Waals surface area contributed by atoms with Crippen molar-refractivity contribution in [1.29, 1.82) is 0 Å². The van der Waals surface area contributed by atoms with Crippen LogP contribution >= 0.6 is 0 Å². The number of benzene rings is 1. The van der Waals surface area contributed by atoms with Gasteiger partial charge < -0.3 is 9.30 Å². The summed E-state index contributed by atoms with van der Waals surface area (Å²) in [4.78, 5) is 24.0. The summed E-state index contributed by atoms with van der Waals surface area (Å²) >= 11 is 0. The Morgan fingerprint density at radius 1 is 1.33 bits per heavy atom. The summed E-state index contributed by atoms with van der Waals surface area (Å²) in [6.07, 6.45) is 1.64. The van der Waals surface area contributed by atoms with E-state index >= 15 is 0 Å². The molecule has 1 aromatic heterocycles. The van der Waals surface area contributed by atoms with E-state index in [9.17, 15) is 14.0 Å². The van der Waals surface area contributed by atoms with Crippen molar-refractivity contribution in [2.24, 2.45) is 0 Å². The third-order valence-electron chi connectivity index (χ3n) is 3.63. The lowest BCUT2D eigenvalue weighted by Crippen LogP contribution is -2.42. The smallest absolute Gasteiger partial charge is 0.331 e. The lowest BCUT2D eigenvalue weighted by atomic mass is 10.1. The number of fused-ring (bicyclic) bond motifs is 1. The number of aryl methyl sites for hydroxylation is 1. The molecule has 1 aromatic carbocycles. The van der Waals surface area contributed by atoms with Gasteiger partial charge in [-0.25, -0.2) is 9.18 Å². The van der Waals surface area contributed by atoms with Gasteiger partial charge in [0.05, 0.1) is 6.54 Å². The minimum atomic E-state index is -0.351. The van der Waals surface area contributed by atoms with Gasteiger partial charge in [0.2, 0.25) is 0 Å². The van der Waals surface area contributed by atoms with Crippen LogP contribution in [0.15, 0.2) is 40.1 Å². The molecule has 0 fully saturated rings. The molecule has 0 spiro atoms. The van der Waals surface area contributed by atoms with Crippen molar-refractivity contribution < 1.29 is 9.13 Å². The number of rotatable bonds is 3. The summed E-state index contributed by atoms with van der Waals surface area (Å²) in [6.45, 7) is 2.49. The van der Waals surface area contributed by atoms with Crippen LogP contribution in [0, 0.1) is 5.82 Å². The molecule has 2 aromatic rings. The highest BCUT2D eigenvalue weighted by molar-refractivity contribution is 5.37. The highest BCUT2D eigenvalue weighted by atomic mass is 19.1. The van der Waals surface area contributed by atoms with Gasteiger partial charge in [-0.3, -0.25) is 9.36 Å². The van der Waals surface area contributed by atoms with Gasteiger partial charge >= 0.3 is 5.69 Å². The lowest BCUT2D eigenvalue weighted by Gasteiger charge is -2.13. The Labute approximate surface area is 120 Å². The van der Waals surface area contributed by atoms with Crippen LogP contribution in [0.5, 0.6) is 5.75 Å². The predicted molar refractivity (Wildman–Crippen MR) is 75.2 cm³/mol. The lowest BCUT2D eigenvalue weighted by molar-refractivity contribution is 0.204. The molecule has 1 aliphatic heterocycles. The maximum absolute atomic E-state index is 13.2. The number of nitrogens with zero attached hydrogens (tertiary/aromatic N) is 2. The first-order chi connectivity index (χ1) is 10.1. The fraction of sp³-hybridized carbons (Fsp3) is 0.333. The van der Waals surface area contributed by atoms with Crippen LogP contribution in [0.1, 0.15) is 12.5 Å². The SMILES string of the molecule is CCn1ccc(=O)n(CC2Cc3cc(F)ccc3O2)c1=O. The minimum absolute atomic E-state index is 0.162. The van der Waals surface area contributed by atoms with Crippen molar-refractivity contribution in [2.75, 3.05) is 0 Å². The Hall–Kier alpha value is -2.37. The van der Waals surface area contributed by atoms with Crippen molar-refractivity contribution in [1.82, 2.24) is 9.13 Å². The molecular formula is C15H15FN2O3. The average Bonchev–Trinajstić information content (AvgIpc) is 2.85. The maximum Gasteiger partial charge on any atom is 0.331 e. The molecule has 1 atom stereocenters. The van der Waals surface area contributed by atoms with E-state index in [-0.39, 0.29) is 29.7 Å². The third-order valence-corrected chi connectivity index (χ3v) is 3.63. The molecule has 0 saturated heterocycles. The number of hydrogen-bond acceptors (Lipinski definition) is 3. The fourth-order valence-corrected chi connectivity index (χ4v) is 2.56. The summed E-state index contributed by atoms with van der Waals surface area (Å²) in [5.74, 6) is 0.296. The first-order valence-electron chi connectivity index (χ1n) is 6.84. The van der Waals surface area contributed by atoms with E-state index in [1.807, 2.05) is 6.92 Å². The molecule has 5 nitrogen and oxygen atoms in total. The van der Waals surface area contributed by atoms with Crippen LogP contribution in [0.2, 0.25) is 0 Å². The molecule has 1 unspecified atom stereocenters. The molecule has 0 saturated carbocycles. The molecule has 0 aliphatic carbocycles. The van der Waals surface area contributed by atoms with Crippen LogP contribution in [0.3, 0.4) is 0 Å². The van der Waals surface area contributed by atoms with Crippen molar-refractivity contribution >= 4 is 0 Å². The number of ether oxygens (including phenoxy) is 1. The second kappa shape index (κ2) is 5.20. The van der Waals surface area contributed by atoms with Crippen LogP contribution in [-0.2, 0) is 19.5 Å². The van der Waals surface area contributed by atoms with Gasteiger partial charge in [-0.15, -0.1) is 0 Å². The van der Waals surface area contributed by atoms with E-state index in [0.29, 0.717) is 18.7 Å². The van der Waals surface area contributed by atoms with E-state index < -0.39 is 0 Å². The van der Waals surface area contributed by atoms with Crippen LogP contribution < -0.4 is 16.0 Å². The van der Waals surface area contributed by atoms with Gasteiger partial charge in [0.15, 0.2) is 0 Å². The number of aromatic nitrogens is 2. The topological polar surface area (TPSA) is 53.2 Å². The zero-order chi connectivity index (χ0) is 15.0. The average molecular weight is 290 g/mol. The maximum atomic E-state index is 13.2. The minimum Gasteiger partial charge on any atom is -0.488 e. The van der Waals surface area contributed by atoms with Crippen LogP contribution in [0.25, 0.3) is 0 Å². The molecule has 0 bridgehead atoms. The molecule has 1 aliphatic rings. The third kappa shape index (κ3) is 2.49. The Bertz CT molecular complexity index is 794. The van der Waals surface area contributed by atoms with E-state index in [0.717, 1.165) is 10.1 Å². The van der Waals surface area contributed by atoms with Crippen molar-refractivity contribution in [3.05, 3.63) is 62.7 Å². The highest BCUT2D eigenvalue weighted by Crippen LogP contribution is 2.29. The van der Waals surface area contributed by atoms with Crippen LogP contribution in [0.4, 0.5) is 4.39 Å². The molecule has 6 heteroatoms. The fourth-order valence-electron chi connectivity index (χ4n) is 2.56. The van der Waals surface area contributed by atoms with E-state index in [1.165, 1.54) is 29.0 Å². The summed E-state index contributed by atoms with van der Waals surface area (Å²) in [5.41, 5.74) is 0.0611. The quantitative estimate of drug-likeness (QED) is 0.853. The van der Waals surface area contributed by atoms with Gasteiger partial charge in [0.1, 0.15) is 17.7 Å². The van der Waals surface area contributed by atoms with Gasteiger partial charge in [0.25, 0.3) is 5.56 Å². The normalized spacial score (nSPS) is 16.6. The zero-order valence-electron chi connectivity index (χ0n) is 11.6. The molecule has 3 rings (SSSR count). The molecule has 0 amide bonds. The predicted octanol–water partition coefficient (Wildman–Crippen LogP) is 1.17. The zero-order valence-corrected chi connectivity index (χ0v) is 11.6. The highest BCUT2D eigenvalue weighted by Gasteiger charge is 2.24. The first-order valence-corrected chi connectivity index (χ1v) is 6.84. The van der Waals surface area contributed by atoms with Gasteiger partial charge in [-0.05, 0) is 25.1 Å². The van der Waals surface area contributed by atoms with Crippen molar-refractivity contribution in [2.45, 2.75) is 32.5 Å². The molecule has 0 N–H and O–H groups in total. The molecular weight excluding hydrogens is 275 g/mol. The van der Waals surface area contributed by atoms with E-state index in [2.05, 4.69) is 0 Å². The summed E-state index contributed by atoms with van der Waals surface area (Å²) < 4.78 is 21.5. The molecule has 21 heavy (non-hydrogen) atoms. The Morgan fingerprint density at radius 3 is 2.90 bits per heavy atom. The summed E-state index contributed by atoms with van der Waals surface area (Å²) in [7, 11) is 0. The van der Waals surface area contributed by atoms with Crippen molar-refractivity contribution in [3.63, 3.8) is 0 Å². The van der Waals surface area contributed by atoms with Gasteiger partial charge in [-0.1, -0.05) is 0 Å². The Morgan fingerprint density at radius 2 is 2.14 bits per heavy atom. The number of halogens is 1. The molecule has 2 heterocycles. The second-order valence-electron chi connectivity index (χ2n) is 5.03. The largest absolute Gasteiger partial charge is 0.488 e. The standard InChI is InChI=1S/C15H15FN2O3/c1-2-17-6-5-14(19)18(15(17)20)9-12-8-10-7-11(16)3-4-13(10)21-12/h3-7,12H,2,8-9H2,1H3. The Kier molecular flexibility index (Phi) is 3.37. The van der Waals surface area contributed by atoms with Crippen LogP contribution in [-0.4, -0.2) is 15.2 Å². The molecule has 0 radical (unpaired) electrons. The monoisotopic (exact) mass is 290 g/mol. The molecule has 110 valence electrons. The van der Waals surface area contributed by atoms with Gasteiger partial charge in [-0.2, -0.15) is 0 Å². The first kappa shape index (κ1) is 13.6. The summed E-state index contributed by atoms with van der Waals surface area (Å²) in [6, 6.07) is 5.70. The van der Waals surface area contributed by atoms with E-state index in [4.69, 9.17) is 4.74 Å². The van der Waals surface area contributed by atoms with E-state index in [1.54, 1.807) is 6.07 Å². The Balaban J connectivity index is 1.87.